The first-order chi connectivity index (χ1) is 9.85. The number of ether oxygens (including phenoxy) is 1. The lowest BCUT2D eigenvalue weighted by Crippen LogP contribution is -2.34. The zero-order chi connectivity index (χ0) is 16.0. The Balaban J connectivity index is 2.93. The molecule has 0 saturated carbocycles. The molecule has 0 aliphatic rings. The first-order valence-corrected chi connectivity index (χ1v) is 6.64. The van der Waals surface area contributed by atoms with E-state index < -0.39 is 23.9 Å². The second-order valence-corrected chi connectivity index (χ2v) is 4.93. The van der Waals surface area contributed by atoms with Crippen LogP contribution in [0.25, 0.3) is 0 Å². The quantitative estimate of drug-likeness (QED) is 0.778. The number of methoxy groups -OCH3 is 1. The van der Waals surface area contributed by atoms with Crippen molar-refractivity contribution in [3.05, 3.63) is 33.8 Å². The Hall–Kier alpha value is -1.79. The summed E-state index contributed by atoms with van der Waals surface area (Å²) in [7, 11) is 1.17. The standard InChI is InChI=1S/C13H13Cl2NO5/c1-21-13(20)12(16-10(17)4-5-11(18)19)8-3-2-7(14)6-9(8)15/h2-3,6,12H,4-5H2,1H3,(H,16,17)(H,18,19)/t12-/m1/s1. The van der Waals surface area contributed by atoms with Crippen molar-refractivity contribution in [3.63, 3.8) is 0 Å². The Bertz CT molecular complexity index is 561. The van der Waals surface area contributed by atoms with E-state index in [9.17, 15) is 14.4 Å². The number of hydrogen-bond donors (Lipinski definition) is 2. The predicted octanol–water partition coefficient (Wildman–Crippen LogP) is 2.19. The van der Waals surface area contributed by atoms with Crippen molar-refractivity contribution in [1.29, 1.82) is 0 Å². The van der Waals surface area contributed by atoms with E-state index in [2.05, 4.69) is 10.1 Å². The van der Waals surface area contributed by atoms with Crippen molar-refractivity contribution in [1.82, 2.24) is 5.32 Å². The summed E-state index contributed by atoms with van der Waals surface area (Å²) in [5.41, 5.74) is 0.316. The number of carbonyl (C=O) groups excluding carboxylic acids is 2. The molecule has 1 amide bonds. The van der Waals surface area contributed by atoms with Gasteiger partial charge in [0.05, 0.1) is 13.5 Å². The fourth-order valence-corrected chi connectivity index (χ4v) is 2.09. The molecule has 0 saturated heterocycles. The largest absolute Gasteiger partial charge is 0.481 e. The molecule has 8 heteroatoms. The molecule has 114 valence electrons. The molecule has 1 atom stereocenters. The van der Waals surface area contributed by atoms with Crippen LogP contribution in [0.3, 0.4) is 0 Å². The minimum Gasteiger partial charge on any atom is -0.481 e. The van der Waals surface area contributed by atoms with Gasteiger partial charge in [-0.1, -0.05) is 29.3 Å². The Kier molecular flexibility index (Phi) is 6.45. The van der Waals surface area contributed by atoms with Crippen molar-refractivity contribution in [3.8, 4) is 0 Å². The van der Waals surface area contributed by atoms with Crippen LogP contribution < -0.4 is 5.32 Å². The maximum atomic E-state index is 11.8. The summed E-state index contributed by atoms with van der Waals surface area (Å²) in [6.07, 6.45) is -0.595. The summed E-state index contributed by atoms with van der Waals surface area (Å²) < 4.78 is 4.62. The number of benzene rings is 1. The summed E-state index contributed by atoms with van der Waals surface area (Å²) in [5.74, 6) is -2.42. The smallest absolute Gasteiger partial charge is 0.333 e. The van der Waals surface area contributed by atoms with Crippen molar-refractivity contribution in [2.75, 3.05) is 7.11 Å². The topological polar surface area (TPSA) is 92.7 Å². The van der Waals surface area contributed by atoms with Gasteiger partial charge in [0.1, 0.15) is 0 Å². The number of carboxylic acid groups (broad SMARTS) is 1. The fraction of sp³-hybridized carbons (Fsp3) is 0.308. The van der Waals surface area contributed by atoms with Crippen LogP contribution in [0.1, 0.15) is 24.4 Å². The molecule has 0 spiro atoms. The molecule has 6 nitrogen and oxygen atoms in total. The highest BCUT2D eigenvalue weighted by Crippen LogP contribution is 2.27. The minimum absolute atomic E-state index is 0.191. The second-order valence-electron chi connectivity index (χ2n) is 4.08. The Morgan fingerprint density at radius 2 is 1.95 bits per heavy atom. The van der Waals surface area contributed by atoms with Gasteiger partial charge >= 0.3 is 11.9 Å². The molecule has 1 aromatic carbocycles. The number of rotatable bonds is 6. The maximum Gasteiger partial charge on any atom is 0.333 e. The predicted molar refractivity (Wildman–Crippen MR) is 76.2 cm³/mol. The lowest BCUT2D eigenvalue weighted by Gasteiger charge is -2.18. The van der Waals surface area contributed by atoms with Gasteiger partial charge < -0.3 is 15.2 Å². The van der Waals surface area contributed by atoms with E-state index in [1.165, 1.54) is 25.3 Å². The first-order valence-electron chi connectivity index (χ1n) is 5.89. The van der Waals surface area contributed by atoms with Gasteiger partial charge in [0.2, 0.25) is 5.91 Å². The van der Waals surface area contributed by atoms with Gasteiger partial charge in [-0.25, -0.2) is 4.79 Å². The number of hydrogen-bond acceptors (Lipinski definition) is 4. The molecule has 0 aromatic heterocycles. The number of halogens is 2. The number of carboxylic acids is 1. The molecule has 0 aliphatic carbocycles. The first kappa shape index (κ1) is 17.3. The molecule has 0 radical (unpaired) electrons. The number of esters is 1. The molecule has 1 aromatic rings. The normalized spacial score (nSPS) is 11.6. The lowest BCUT2D eigenvalue weighted by molar-refractivity contribution is -0.145. The third-order valence-electron chi connectivity index (χ3n) is 2.58. The van der Waals surface area contributed by atoms with E-state index in [1.54, 1.807) is 0 Å². The van der Waals surface area contributed by atoms with Crippen LogP contribution in [0, 0.1) is 0 Å². The Morgan fingerprint density at radius 3 is 2.48 bits per heavy atom. The highest BCUT2D eigenvalue weighted by molar-refractivity contribution is 6.35. The molecule has 21 heavy (non-hydrogen) atoms. The third-order valence-corrected chi connectivity index (χ3v) is 3.14. The van der Waals surface area contributed by atoms with Gasteiger partial charge in [0, 0.05) is 22.0 Å². The second kappa shape index (κ2) is 7.85. The summed E-state index contributed by atoms with van der Waals surface area (Å²) in [4.78, 5) is 33.9. The van der Waals surface area contributed by atoms with E-state index in [1.807, 2.05) is 0 Å². The molecule has 0 heterocycles. The summed E-state index contributed by atoms with van der Waals surface area (Å²) >= 11 is 11.8. The van der Waals surface area contributed by atoms with Crippen LogP contribution in [0.4, 0.5) is 0 Å². The summed E-state index contributed by atoms with van der Waals surface area (Å²) in [6.45, 7) is 0. The zero-order valence-electron chi connectivity index (χ0n) is 11.1. The van der Waals surface area contributed by atoms with Crippen molar-refractivity contribution in [2.24, 2.45) is 0 Å². The monoisotopic (exact) mass is 333 g/mol. The lowest BCUT2D eigenvalue weighted by atomic mass is 10.1. The van der Waals surface area contributed by atoms with Gasteiger partial charge in [0.15, 0.2) is 6.04 Å². The SMILES string of the molecule is COC(=O)[C@H](NC(=O)CCC(=O)O)c1ccc(Cl)cc1Cl. The van der Waals surface area contributed by atoms with Crippen LogP contribution in [0.2, 0.25) is 10.0 Å². The van der Waals surface area contributed by atoms with Crippen LogP contribution in [-0.4, -0.2) is 30.1 Å². The van der Waals surface area contributed by atoms with Gasteiger partial charge in [-0.05, 0) is 12.1 Å². The molecule has 1 rings (SSSR count). The third kappa shape index (κ3) is 5.24. The molecule has 0 aliphatic heterocycles. The fourth-order valence-electron chi connectivity index (χ4n) is 1.57. The molecule has 0 unspecified atom stereocenters. The van der Waals surface area contributed by atoms with Crippen LogP contribution in [-0.2, 0) is 19.1 Å². The Morgan fingerprint density at radius 1 is 1.29 bits per heavy atom. The molecular weight excluding hydrogens is 321 g/mol. The van der Waals surface area contributed by atoms with Gasteiger partial charge in [-0.2, -0.15) is 0 Å². The molecule has 0 bridgehead atoms. The number of nitrogens with one attached hydrogen (secondary N) is 1. The molecule has 0 fully saturated rings. The van der Waals surface area contributed by atoms with Gasteiger partial charge in [0.25, 0.3) is 0 Å². The zero-order valence-corrected chi connectivity index (χ0v) is 12.6. The average Bonchev–Trinajstić information content (AvgIpc) is 2.42. The van der Waals surface area contributed by atoms with Crippen LogP contribution in [0.5, 0.6) is 0 Å². The molecule has 2 N–H and O–H groups in total. The summed E-state index contributed by atoms with van der Waals surface area (Å²) in [6, 6.07) is 3.31. The van der Waals surface area contributed by atoms with Crippen molar-refractivity contribution < 1.29 is 24.2 Å². The number of amides is 1. The van der Waals surface area contributed by atoms with E-state index in [0.717, 1.165) is 0 Å². The summed E-state index contributed by atoms with van der Waals surface area (Å²) in [5, 5.41) is 11.5. The average molecular weight is 334 g/mol. The maximum absolute atomic E-state index is 11.8. The van der Waals surface area contributed by atoms with E-state index >= 15 is 0 Å². The van der Waals surface area contributed by atoms with Crippen molar-refractivity contribution >= 4 is 41.0 Å². The number of carbonyl (C=O) groups is 3. The van der Waals surface area contributed by atoms with Crippen LogP contribution in [0.15, 0.2) is 18.2 Å². The Labute approximate surface area is 131 Å². The molecular formula is C13H13Cl2NO5. The van der Waals surface area contributed by atoms with Crippen molar-refractivity contribution in [2.45, 2.75) is 18.9 Å². The van der Waals surface area contributed by atoms with Gasteiger partial charge in [-0.15, -0.1) is 0 Å². The highest BCUT2D eigenvalue weighted by Gasteiger charge is 2.25. The van der Waals surface area contributed by atoms with E-state index in [4.69, 9.17) is 28.3 Å². The number of aliphatic carboxylic acids is 1. The minimum atomic E-state index is -1.12. The van der Waals surface area contributed by atoms with E-state index in [0.29, 0.717) is 10.6 Å². The van der Waals surface area contributed by atoms with E-state index in [-0.39, 0.29) is 17.9 Å². The van der Waals surface area contributed by atoms with Crippen LogP contribution >= 0.6 is 23.2 Å². The highest BCUT2D eigenvalue weighted by atomic mass is 35.5. The van der Waals surface area contributed by atoms with Gasteiger partial charge in [-0.3, -0.25) is 9.59 Å².